The predicted octanol–water partition coefficient (Wildman–Crippen LogP) is 4.03. The van der Waals surface area contributed by atoms with Crippen molar-refractivity contribution in [1.82, 2.24) is 14.9 Å². The second kappa shape index (κ2) is 13.7. The molecule has 1 aliphatic heterocycles. The highest BCUT2D eigenvalue weighted by atomic mass is 16.3. The third kappa shape index (κ3) is 7.88. The topological polar surface area (TPSA) is 127 Å². The Morgan fingerprint density at radius 2 is 1.26 bits per heavy atom. The maximum absolute atomic E-state index is 11.2. The van der Waals surface area contributed by atoms with Gasteiger partial charge in [0.1, 0.15) is 0 Å². The largest absolute Gasteiger partial charge is 0.385 e. The first-order valence-corrected chi connectivity index (χ1v) is 15.0. The Hall–Kier alpha value is -3.46. The van der Waals surface area contributed by atoms with Gasteiger partial charge in [-0.05, 0) is 66.6 Å². The number of aliphatic hydroxyl groups is 1. The van der Waals surface area contributed by atoms with E-state index in [2.05, 4.69) is 39.1 Å². The van der Waals surface area contributed by atoms with E-state index in [1.807, 2.05) is 66.7 Å². The van der Waals surface area contributed by atoms with E-state index in [1.165, 1.54) is 5.56 Å². The lowest BCUT2D eigenvalue weighted by Crippen LogP contribution is -2.47. The Balaban J connectivity index is 1.26. The van der Waals surface area contributed by atoms with Gasteiger partial charge in [-0.2, -0.15) is 0 Å². The van der Waals surface area contributed by atoms with Gasteiger partial charge in [-0.25, -0.2) is 0 Å². The second-order valence-electron chi connectivity index (χ2n) is 12.0. The lowest BCUT2D eigenvalue weighted by atomic mass is 9.78. The van der Waals surface area contributed by atoms with Gasteiger partial charge in [-0.15, -0.1) is 0 Å². The quantitative estimate of drug-likeness (QED) is 0.205. The SMILES string of the molecule is NC(Cc1ccccn1)CC(N)(CC(N)Cc1ccccn1)c1ccc(CN2CCC(O)(c3ccccc3)CC2)cc1. The molecule has 2 atom stereocenters. The van der Waals surface area contributed by atoms with Crippen LogP contribution in [0.5, 0.6) is 0 Å². The number of likely N-dealkylation sites (tertiary alicyclic amines) is 1. The molecule has 7 nitrogen and oxygen atoms in total. The third-order valence-electron chi connectivity index (χ3n) is 8.58. The molecule has 2 aromatic carbocycles. The molecule has 1 saturated heterocycles. The molecule has 220 valence electrons. The van der Waals surface area contributed by atoms with Crippen LogP contribution in [0.15, 0.2) is 103 Å². The Morgan fingerprint density at radius 3 is 1.76 bits per heavy atom. The molecule has 7 N–H and O–H groups in total. The average Bonchev–Trinajstić information content (AvgIpc) is 3.00. The van der Waals surface area contributed by atoms with Crippen molar-refractivity contribution in [2.24, 2.45) is 17.2 Å². The van der Waals surface area contributed by atoms with Gasteiger partial charge in [0.15, 0.2) is 0 Å². The Labute approximate surface area is 249 Å². The zero-order valence-electron chi connectivity index (χ0n) is 24.4. The second-order valence-corrected chi connectivity index (χ2v) is 12.0. The number of rotatable bonds is 12. The highest BCUT2D eigenvalue weighted by Gasteiger charge is 2.34. The molecular weight excluding hydrogens is 520 g/mol. The van der Waals surface area contributed by atoms with E-state index in [9.17, 15) is 5.11 Å². The molecule has 0 radical (unpaired) electrons. The highest BCUT2D eigenvalue weighted by molar-refractivity contribution is 5.30. The molecule has 2 unspecified atom stereocenters. The molecular formula is C35H44N6O. The van der Waals surface area contributed by atoms with Crippen molar-refractivity contribution in [1.29, 1.82) is 0 Å². The molecule has 0 spiro atoms. The van der Waals surface area contributed by atoms with Crippen LogP contribution in [0.4, 0.5) is 0 Å². The summed E-state index contributed by atoms with van der Waals surface area (Å²) in [5.41, 5.74) is 24.3. The van der Waals surface area contributed by atoms with Crippen molar-refractivity contribution in [3.8, 4) is 0 Å². The highest BCUT2D eigenvalue weighted by Crippen LogP contribution is 2.34. The van der Waals surface area contributed by atoms with Crippen LogP contribution in [0.3, 0.4) is 0 Å². The molecule has 4 aromatic rings. The summed E-state index contributed by atoms with van der Waals surface area (Å²) in [4.78, 5) is 11.3. The van der Waals surface area contributed by atoms with Crippen LogP contribution in [0.2, 0.25) is 0 Å². The summed E-state index contributed by atoms with van der Waals surface area (Å²) in [7, 11) is 0. The van der Waals surface area contributed by atoms with E-state index in [0.717, 1.165) is 55.0 Å². The summed E-state index contributed by atoms with van der Waals surface area (Å²) in [6, 6.07) is 30.1. The maximum atomic E-state index is 11.2. The van der Waals surface area contributed by atoms with Crippen LogP contribution in [0, 0.1) is 0 Å². The van der Waals surface area contributed by atoms with Gasteiger partial charge >= 0.3 is 0 Å². The Bertz CT molecular complexity index is 1310. The van der Waals surface area contributed by atoms with Gasteiger partial charge < -0.3 is 22.3 Å². The number of benzene rings is 2. The van der Waals surface area contributed by atoms with E-state index in [4.69, 9.17) is 17.2 Å². The van der Waals surface area contributed by atoms with E-state index >= 15 is 0 Å². The maximum Gasteiger partial charge on any atom is 0.0920 e. The van der Waals surface area contributed by atoms with Crippen LogP contribution >= 0.6 is 0 Å². The van der Waals surface area contributed by atoms with Crippen LogP contribution in [-0.4, -0.2) is 45.1 Å². The van der Waals surface area contributed by atoms with Gasteiger partial charge in [-0.3, -0.25) is 14.9 Å². The molecule has 1 fully saturated rings. The van der Waals surface area contributed by atoms with Crippen molar-refractivity contribution < 1.29 is 5.11 Å². The first kappa shape index (κ1) is 30.0. The molecule has 3 heterocycles. The predicted molar refractivity (Wildman–Crippen MR) is 168 cm³/mol. The Kier molecular flexibility index (Phi) is 9.77. The fourth-order valence-electron chi connectivity index (χ4n) is 6.29. The van der Waals surface area contributed by atoms with E-state index in [-0.39, 0.29) is 12.1 Å². The molecule has 0 amide bonds. The van der Waals surface area contributed by atoms with Crippen LogP contribution in [0.25, 0.3) is 0 Å². The number of pyridine rings is 2. The third-order valence-corrected chi connectivity index (χ3v) is 8.58. The monoisotopic (exact) mass is 564 g/mol. The zero-order chi connectivity index (χ0) is 29.4. The van der Waals surface area contributed by atoms with Gasteiger partial charge in [0.2, 0.25) is 0 Å². The van der Waals surface area contributed by atoms with Crippen LogP contribution < -0.4 is 17.2 Å². The standard InChI is InChI=1S/C35H44N6O/c36-30(22-32-10-4-6-18-39-32)24-34(38,25-31(37)23-33-11-5-7-19-40-33)28-14-12-27(13-15-28)26-41-20-16-35(42,17-21-41)29-8-2-1-3-9-29/h1-15,18-19,30-31,42H,16-17,20-26,36-38H2. The summed E-state index contributed by atoms with van der Waals surface area (Å²) >= 11 is 0. The van der Waals surface area contributed by atoms with E-state index in [1.54, 1.807) is 12.4 Å². The van der Waals surface area contributed by atoms with Crippen molar-refractivity contribution >= 4 is 0 Å². The normalized spacial score (nSPS) is 18.2. The molecule has 1 aliphatic rings. The summed E-state index contributed by atoms with van der Waals surface area (Å²) in [6.45, 7) is 2.53. The van der Waals surface area contributed by atoms with Gasteiger partial charge in [-0.1, -0.05) is 66.7 Å². The van der Waals surface area contributed by atoms with Crippen molar-refractivity contribution in [2.75, 3.05) is 13.1 Å². The van der Waals surface area contributed by atoms with Gasteiger partial charge in [0.25, 0.3) is 0 Å². The zero-order valence-corrected chi connectivity index (χ0v) is 24.4. The lowest BCUT2D eigenvalue weighted by molar-refractivity contribution is -0.0277. The van der Waals surface area contributed by atoms with Crippen molar-refractivity contribution in [3.63, 3.8) is 0 Å². The Morgan fingerprint density at radius 1 is 0.738 bits per heavy atom. The summed E-state index contributed by atoms with van der Waals surface area (Å²) in [6.07, 6.45) is 7.52. The number of hydrogen-bond donors (Lipinski definition) is 4. The van der Waals surface area contributed by atoms with Gasteiger partial charge in [0, 0.05) is 73.9 Å². The fraction of sp³-hybridized carbons (Fsp3) is 0.371. The van der Waals surface area contributed by atoms with Crippen LogP contribution in [0.1, 0.15) is 53.8 Å². The first-order valence-electron chi connectivity index (χ1n) is 15.0. The van der Waals surface area contributed by atoms with Crippen LogP contribution in [-0.2, 0) is 30.5 Å². The fourth-order valence-corrected chi connectivity index (χ4v) is 6.29. The number of nitrogens with zero attached hydrogens (tertiary/aromatic N) is 3. The number of nitrogens with two attached hydrogens (primary N) is 3. The molecule has 2 aromatic heterocycles. The summed E-state index contributed by atoms with van der Waals surface area (Å²) in [5, 5.41) is 11.2. The van der Waals surface area contributed by atoms with Gasteiger partial charge in [0.05, 0.1) is 5.60 Å². The molecule has 7 heteroatoms. The van der Waals surface area contributed by atoms with E-state index in [0.29, 0.717) is 25.7 Å². The minimum atomic E-state index is -0.747. The van der Waals surface area contributed by atoms with Crippen molar-refractivity contribution in [2.45, 2.75) is 68.3 Å². The lowest BCUT2D eigenvalue weighted by Gasteiger charge is -2.38. The number of piperidine rings is 1. The number of aromatic nitrogens is 2. The molecule has 42 heavy (non-hydrogen) atoms. The number of hydrogen-bond acceptors (Lipinski definition) is 7. The minimum absolute atomic E-state index is 0.164. The molecule has 0 aliphatic carbocycles. The smallest absolute Gasteiger partial charge is 0.0920 e. The van der Waals surface area contributed by atoms with Crippen molar-refractivity contribution in [3.05, 3.63) is 131 Å². The van der Waals surface area contributed by atoms with E-state index < -0.39 is 11.1 Å². The minimum Gasteiger partial charge on any atom is -0.385 e. The molecule has 0 bridgehead atoms. The summed E-state index contributed by atoms with van der Waals surface area (Å²) < 4.78 is 0. The molecule has 5 rings (SSSR count). The average molecular weight is 565 g/mol. The first-order chi connectivity index (χ1) is 20.3. The summed E-state index contributed by atoms with van der Waals surface area (Å²) in [5.74, 6) is 0. The molecule has 0 saturated carbocycles.